The molecule has 6 heteroatoms. The molecule has 1 rings (SSSR count). The second kappa shape index (κ2) is 3.26. The summed E-state index contributed by atoms with van der Waals surface area (Å²) in [6.45, 7) is 14.7. The first-order chi connectivity index (χ1) is 6.02. The molecule has 1 aliphatic rings. The predicted octanol–water partition coefficient (Wildman–Crippen LogP) is 1.56. The minimum atomic E-state index is -1.34. The average Bonchev–Trinajstić information content (AvgIpc) is 1.97. The van der Waals surface area contributed by atoms with E-state index in [-0.39, 0.29) is 0 Å². The van der Waals surface area contributed by atoms with Gasteiger partial charge in [-0.3, -0.25) is 0 Å². The molecule has 1 N–H and O–H groups in total. The number of hydrogen-bond donors (Lipinski definition) is 1. The summed E-state index contributed by atoms with van der Waals surface area (Å²) >= 11 is 0. The van der Waals surface area contributed by atoms with Gasteiger partial charge >= 0.3 is 0 Å². The van der Waals surface area contributed by atoms with Crippen LogP contribution in [0.2, 0.25) is 39.3 Å². The first-order valence-corrected chi connectivity index (χ1v) is 14.1. The normalized spacial score (nSPS) is 31.7. The Balaban J connectivity index is 3.10. The molecular weight excluding hydrogens is 222 g/mol. The maximum absolute atomic E-state index is 3.95. The van der Waals surface area contributed by atoms with Crippen LogP contribution in [0.5, 0.6) is 0 Å². The Morgan fingerprint density at radius 1 is 0.714 bits per heavy atom. The van der Waals surface area contributed by atoms with Crippen LogP contribution in [0.1, 0.15) is 0 Å². The lowest BCUT2D eigenvalue weighted by Crippen LogP contribution is -2.87. The summed E-state index contributed by atoms with van der Waals surface area (Å²) in [6.07, 6.45) is 0. The molecule has 0 aliphatic carbocycles. The molecule has 14 heavy (non-hydrogen) atoms. The van der Waals surface area contributed by atoms with Gasteiger partial charge in [-0.05, 0) is 53.4 Å². The van der Waals surface area contributed by atoms with Crippen molar-refractivity contribution in [3.8, 4) is 0 Å². The van der Waals surface area contributed by atoms with Gasteiger partial charge in [0.25, 0.3) is 0 Å². The van der Waals surface area contributed by atoms with E-state index in [4.69, 9.17) is 0 Å². The highest BCUT2D eigenvalue weighted by atomic mass is 28.5. The maximum atomic E-state index is 3.95. The van der Waals surface area contributed by atoms with E-state index in [1.807, 2.05) is 0 Å². The van der Waals surface area contributed by atoms with Crippen LogP contribution in [0.15, 0.2) is 0 Å². The van der Waals surface area contributed by atoms with Crippen molar-refractivity contribution in [3.63, 3.8) is 0 Å². The molecule has 0 aromatic heterocycles. The molecular formula is C8H25N3Si3. The van der Waals surface area contributed by atoms with Crippen molar-refractivity contribution in [3.05, 3.63) is 0 Å². The van der Waals surface area contributed by atoms with Crippen LogP contribution in [-0.2, 0) is 0 Å². The monoisotopic (exact) mass is 247 g/mol. The van der Waals surface area contributed by atoms with E-state index in [0.29, 0.717) is 0 Å². The van der Waals surface area contributed by atoms with Gasteiger partial charge in [0.15, 0.2) is 25.2 Å². The molecule has 0 bridgehead atoms. The summed E-state index contributed by atoms with van der Waals surface area (Å²) in [7, 11) is 0.599. The molecule has 84 valence electrons. The lowest BCUT2D eigenvalue weighted by molar-refractivity contribution is 0.575. The number of nitrogens with zero attached hydrogens (tertiary/aromatic N) is 2. The molecule has 3 nitrogen and oxygen atoms in total. The van der Waals surface area contributed by atoms with Gasteiger partial charge in [0.1, 0.15) is 0 Å². The summed E-state index contributed by atoms with van der Waals surface area (Å²) < 4.78 is 9.31. The molecule has 0 amide bonds. The van der Waals surface area contributed by atoms with Gasteiger partial charge in [-0.25, -0.2) is 0 Å². The molecule has 0 aromatic carbocycles. The van der Waals surface area contributed by atoms with Gasteiger partial charge in [-0.15, -0.1) is 0 Å². The van der Waals surface area contributed by atoms with Crippen molar-refractivity contribution < 1.29 is 0 Å². The smallest absolute Gasteiger partial charge is 0.188 e. The van der Waals surface area contributed by atoms with Crippen LogP contribution in [0.3, 0.4) is 0 Å². The number of hydrogen-bond acceptors (Lipinski definition) is 3. The summed E-state index contributed by atoms with van der Waals surface area (Å²) in [6, 6.07) is 0. The lowest BCUT2D eigenvalue weighted by Gasteiger charge is -2.60. The fourth-order valence-corrected chi connectivity index (χ4v) is 23.4. The molecule has 0 atom stereocenters. The standard InChI is InChI=1S/C8H25N3Si3/c1-10-12(3,4)9-13(5,6)11(2)14(10,7)8/h9H,1-8H3. The Hall–Kier alpha value is 0.531. The van der Waals surface area contributed by atoms with E-state index < -0.39 is 25.2 Å². The fourth-order valence-electron chi connectivity index (χ4n) is 2.51. The third kappa shape index (κ3) is 1.79. The quantitative estimate of drug-likeness (QED) is 0.656. The summed E-state index contributed by atoms with van der Waals surface area (Å²) in [5, 5.41) is 0. The van der Waals surface area contributed by atoms with Crippen LogP contribution >= 0.6 is 0 Å². The zero-order valence-corrected chi connectivity index (χ0v) is 13.9. The second-order valence-corrected chi connectivity index (χ2v) is 19.7. The SMILES string of the molecule is CN1[Si](C)(C)N[Si](C)(C)N(C)[Si]1(C)C. The van der Waals surface area contributed by atoms with Gasteiger partial charge in [-0.1, -0.05) is 0 Å². The third-order valence-corrected chi connectivity index (χ3v) is 22.1. The summed E-state index contributed by atoms with van der Waals surface area (Å²) in [5.41, 5.74) is 0. The third-order valence-electron chi connectivity index (χ3n) is 3.93. The van der Waals surface area contributed by atoms with E-state index in [2.05, 4.69) is 66.5 Å². The van der Waals surface area contributed by atoms with Crippen molar-refractivity contribution in [2.45, 2.75) is 39.3 Å². The van der Waals surface area contributed by atoms with Crippen molar-refractivity contribution in [2.75, 3.05) is 14.1 Å². The Bertz CT molecular complexity index is 218. The zero-order valence-electron chi connectivity index (χ0n) is 10.9. The Morgan fingerprint density at radius 2 is 1.00 bits per heavy atom. The van der Waals surface area contributed by atoms with Crippen LogP contribution in [0, 0.1) is 0 Å². The predicted molar refractivity (Wildman–Crippen MR) is 71.1 cm³/mol. The van der Waals surface area contributed by atoms with Crippen molar-refractivity contribution in [1.82, 2.24) is 13.1 Å². The van der Waals surface area contributed by atoms with Crippen molar-refractivity contribution >= 4 is 25.2 Å². The molecule has 0 aromatic rings. The Labute approximate surface area is 92.0 Å². The summed E-state index contributed by atoms with van der Waals surface area (Å²) in [5.74, 6) is 0. The molecule has 0 unspecified atom stereocenters. The zero-order chi connectivity index (χ0) is 11.4. The Kier molecular flexibility index (Phi) is 2.93. The van der Waals surface area contributed by atoms with Gasteiger partial charge in [0.2, 0.25) is 0 Å². The molecule has 1 aliphatic heterocycles. The van der Waals surface area contributed by atoms with Crippen LogP contribution in [0.4, 0.5) is 0 Å². The van der Waals surface area contributed by atoms with E-state index >= 15 is 0 Å². The van der Waals surface area contributed by atoms with Gasteiger partial charge in [-0.2, -0.15) is 0 Å². The van der Waals surface area contributed by atoms with Crippen LogP contribution in [0.25, 0.3) is 0 Å². The van der Waals surface area contributed by atoms with Gasteiger partial charge in [0.05, 0.1) is 0 Å². The molecule has 1 fully saturated rings. The molecule has 0 spiro atoms. The maximum Gasteiger partial charge on any atom is 0.188 e. The largest absolute Gasteiger partial charge is 0.336 e. The highest BCUT2D eigenvalue weighted by Crippen LogP contribution is 2.28. The lowest BCUT2D eigenvalue weighted by atomic mass is 11.6. The van der Waals surface area contributed by atoms with E-state index in [0.717, 1.165) is 0 Å². The van der Waals surface area contributed by atoms with Gasteiger partial charge < -0.3 is 13.1 Å². The van der Waals surface area contributed by atoms with E-state index in [1.165, 1.54) is 0 Å². The molecule has 1 saturated heterocycles. The number of rotatable bonds is 0. The van der Waals surface area contributed by atoms with Gasteiger partial charge in [0, 0.05) is 0 Å². The van der Waals surface area contributed by atoms with E-state index in [1.54, 1.807) is 0 Å². The van der Waals surface area contributed by atoms with Crippen LogP contribution < -0.4 is 4.65 Å². The minimum Gasteiger partial charge on any atom is -0.336 e. The molecule has 1 heterocycles. The van der Waals surface area contributed by atoms with Crippen molar-refractivity contribution in [1.29, 1.82) is 0 Å². The first kappa shape index (κ1) is 12.6. The molecule has 0 radical (unpaired) electrons. The average molecular weight is 248 g/mol. The highest BCUT2D eigenvalue weighted by Gasteiger charge is 2.53. The Morgan fingerprint density at radius 3 is 1.29 bits per heavy atom. The topological polar surface area (TPSA) is 18.5 Å². The van der Waals surface area contributed by atoms with Crippen LogP contribution in [-0.4, -0.2) is 47.7 Å². The second-order valence-electron chi connectivity index (χ2n) is 5.86. The van der Waals surface area contributed by atoms with Crippen molar-refractivity contribution in [2.24, 2.45) is 0 Å². The fraction of sp³-hybridized carbons (Fsp3) is 1.00. The van der Waals surface area contributed by atoms with E-state index in [9.17, 15) is 0 Å². The minimum absolute atomic E-state index is 1.34. The highest BCUT2D eigenvalue weighted by molar-refractivity contribution is 7.03. The number of nitrogens with one attached hydrogen (secondary N) is 1. The summed E-state index contributed by atoms with van der Waals surface area (Å²) in [4.78, 5) is 0. The first-order valence-electron chi connectivity index (χ1n) is 5.29. The molecule has 0 saturated carbocycles.